The first-order chi connectivity index (χ1) is 6.93. The summed E-state index contributed by atoms with van der Waals surface area (Å²) in [6, 6.07) is 0.639. The third kappa shape index (κ3) is 2.51. The summed E-state index contributed by atoms with van der Waals surface area (Å²) in [5.74, 6) is 1.86. The molecule has 15 heavy (non-hydrogen) atoms. The lowest BCUT2D eigenvalue weighted by molar-refractivity contribution is 0.0352. The zero-order valence-corrected chi connectivity index (χ0v) is 11.6. The van der Waals surface area contributed by atoms with Crippen molar-refractivity contribution in [3.63, 3.8) is 0 Å². The highest BCUT2D eigenvalue weighted by atomic mass is 32.2. The molecule has 0 bridgehead atoms. The Labute approximate surface area is 99.0 Å². The van der Waals surface area contributed by atoms with E-state index in [-0.39, 0.29) is 5.54 Å². The van der Waals surface area contributed by atoms with Crippen molar-refractivity contribution in [2.24, 2.45) is 11.7 Å². The molecule has 3 heteroatoms. The molecule has 1 fully saturated rings. The first kappa shape index (κ1) is 13.3. The van der Waals surface area contributed by atoms with Gasteiger partial charge in [-0.3, -0.25) is 4.90 Å². The van der Waals surface area contributed by atoms with Crippen molar-refractivity contribution in [1.29, 1.82) is 0 Å². The third-order valence-corrected chi connectivity index (χ3v) is 5.54. The number of nitrogens with zero attached hydrogens (tertiary/aromatic N) is 1. The van der Waals surface area contributed by atoms with Crippen LogP contribution in [0.1, 0.15) is 34.6 Å². The lowest BCUT2D eigenvalue weighted by Gasteiger charge is -2.50. The predicted octanol–water partition coefficient (Wildman–Crippen LogP) is 2.19. The van der Waals surface area contributed by atoms with Crippen LogP contribution in [0.2, 0.25) is 0 Å². The lowest BCUT2D eigenvalue weighted by Crippen LogP contribution is -2.62. The molecule has 1 saturated heterocycles. The smallest absolute Gasteiger partial charge is 0.0330 e. The number of hydrogen-bond acceptors (Lipinski definition) is 3. The van der Waals surface area contributed by atoms with Crippen molar-refractivity contribution in [2.75, 3.05) is 18.8 Å². The van der Waals surface area contributed by atoms with E-state index in [1.807, 2.05) is 0 Å². The minimum atomic E-state index is 0.161. The van der Waals surface area contributed by atoms with E-state index < -0.39 is 0 Å². The number of hydrogen-bond donors (Lipinski definition) is 1. The molecular weight excluding hydrogens is 204 g/mol. The van der Waals surface area contributed by atoms with Gasteiger partial charge in [0, 0.05) is 35.7 Å². The van der Waals surface area contributed by atoms with Crippen LogP contribution in [0.4, 0.5) is 0 Å². The topological polar surface area (TPSA) is 29.3 Å². The Kier molecular flexibility index (Phi) is 4.50. The van der Waals surface area contributed by atoms with Crippen molar-refractivity contribution in [2.45, 2.75) is 51.4 Å². The van der Waals surface area contributed by atoms with Gasteiger partial charge in [0.25, 0.3) is 0 Å². The van der Waals surface area contributed by atoms with E-state index in [4.69, 9.17) is 5.73 Å². The maximum atomic E-state index is 6.00. The van der Waals surface area contributed by atoms with Gasteiger partial charge in [0.05, 0.1) is 0 Å². The van der Waals surface area contributed by atoms with E-state index in [0.29, 0.717) is 12.0 Å². The standard InChI is InChI=1S/C12H26N2S/c1-9(2)12(5,8-13)14-6-7-15-11(4)10(14)3/h9-11H,6-8,13H2,1-5H3. The van der Waals surface area contributed by atoms with Crippen LogP contribution in [0.25, 0.3) is 0 Å². The molecule has 90 valence electrons. The van der Waals surface area contributed by atoms with Crippen molar-refractivity contribution in [3.8, 4) is 0 Å². The number of nitrogens with two attached hydrogens (primary N) is 1. The summed E-state index contributed by atoms with van der Waals surface area (Å²) in [5, 5.41) is 0.725. The average molecular weight is 230 g/mol. The van der Waals surface area contributed by atoms with Crippen LogP contribution >= 0.6 is 11.8 Å². The molecule has 2 N–H and O–H groups in total. The van der Waals surface area contributed by atoms with Gasteiger partial charge in [-0.05, 0) is 19.8 Å². The molecule has 3 unspecified atom stereocenters. The van der Waals surface area contributed by atoms with E-state index in [1.54, 1.807) is 0 Å². The van der Waals surface area contributed by atoms with E-state index in [9.17, 15) is 0 Å². The molecule has 0 aromatic heterocycles. The Morgan fingerprint density at radius 1 is 1.47 bits per heavy atom. The molecule has 1 aliphatic rings. The average Bonchev–Trinajstić information content (AvgIpc) is 2.20. The summed E-state index contributed by atoms with van der Waals surface area (Å²) in [6.45, 7) is 13.5. The molecule has 3 atom stereocenters. The normalized spacial score (nSPS) is 33.0. The van der Waals surface area contributed by atoms with Crippen molar-refractivity contribution >= 4 is 11.8 Å². The Morgan fingerprint density at radius 2 is 2.07 bits per heavy atom. The van der Waals surface area contributed by atoms with Gasteiger partial charge < -0.3 is 5.73 Å². The van der Waals surface area contributed by atoms with Gasteiger partial charge in [-0.25, -0.2) is 0 Å². The second-order valence-electron chi connectivity index (χ2n) is 5.23. The second-order valence-corrected chi connectivity index (χ2v) is 6.71. The maximum absolute atomic E-state index is 6.00. The molecule has 0 aliphatic carbocycles. The quantitative estimate of drug-likeness (QED) is 0.806. The molecular formula is C12H26N2S. The van der Waals surface area contributed by atoms with Gasteiger partial charge in [0.1, 0.15) is 0 Å². The number of rotatable bonds is 3. The summed E-state index contributed by atoms with van der Waals surface area (Å²) in [7, 11) is 0. The minimum Gasteiger partial charge on any atom is -0.329 e. The Balaban J connectivity index is 2.83. The molecule has 0 aromatic carbocycles. The Morgan fingerprint density at radius 3 is 2.53 bits per heavy atom. The van der Waals surface area contributed by atoms with Gasteiger partial charge in [0.15, 0.2) is 0 Å². The summed E-state index contributed by atoms with van der Waals surface area (Å²) >= 11 is 2.09. The molecule has 0 aromatic rings. The highest BCUT2D eigenvalue weighted by molar-refractivity contribution is 8.00. The van der Waals surface area contributed by atoms with Gasteiger partial charge in [0.2, 0.25) is 0 Å². The third-order valence-electron chi connectivity index (χ3n) is 4.20. The Hall–Kier alpha value is 0.270. The monoisotopic (exact) mass is 230 g/mol. The largest absolute Gasteiger partial charge is 0.329 e. The maximum Gasteiger partial charge on any atom is 0.0330 e. The second kappa shape index (κ2) is 5.07. The molecule has 0 saturated carbocycles. The van der Waals surface area contributed by atoms with Gasteiger partial charge in [-0.2, -0.15) is 11.8 Å². The predicted molar refractivity (Wildman–Crippen MR) is 70.4 cm³/mol. The fraction of sp³-hybridized carbons (Fsp3) is 1.00. The first-order valence-electron chi connectivity index (χ1n) is 6.02. The van der Waals surface area contributed by atoms with E-state index >= 15 is 0 Å². The van der Waals surface area contributed by atoms with E-state index in [0.717, 1.165) is 11.8 Å². The highest BCUT2D eigenvalue weighted by Gasteiger charge is 2.39. The summed E-state index contributed by atoms with van der Waals surface area (Å²) < 4.78 is 0. The van der Waals surface area contributed by atoms with E-state index in [2.05, 4.69) is 51.3 Å². The summed E-state index contributed by atoms with van der Waals surface area (Å²) in [5.41, 5.74) is 6.16. The van der Waals surface area contributed by atoms with Crippen LogP contribution in [0, 0.1) is 5.92 Å². The molecule has 0 amide bonds. The SMILES string of the molecule is CC1SCCN(C(C)(CN)C(C)C)C1C. The highest BCUT2D eigenvalue weighted by Crippen LogP contribution is 2.33. The van der Waals surface area contributed by atoms with Crippen molar-refractivity contribution in [3.05, 3.63) is 0 Å². The summed E-state index contributed by atoms with van der Waals surface area (Å²) in [4.78, 5) is 2.62. The zero-order chi connectivity index (χ0) is 11.6. The first-order valence-corrected chi connectivity index (χ1v) is 7.06. The zero-order valence-electron chi connectivity index (χ0n) is 10.8. The molecule has 2 nitrogen and oxygen atoms in total. The molecule has 1 heterocycles. The fourth-order valence-corrected chi connectivity index (χ4v) is 3.44. The fourth-order valence-electron chi connectivity index (χ4n) is 2.34. The van der Waals surface area contributed by atoms with Crippen LogP contribution in [-0.4, -0.2) is 40.6 Å². The van der Waals surface area contributed by atoms with Crippen LogP contribution in [-0.2, 0) is 0 Å². The van der Waals surface area contributed by atoms with Gasteiger partial charge in [-0.1, -0.05) is 20.8 Å². The van der Waals surface area contributed by atoms with Gasteiger partial charge >= 0.3 is 0 Å². The van der Waals surface area contributed by atoms with E-state index in [1.165, 1.54) is 12.3 Å². The summed E-state index contributed by atoms with van der Waals surface area (Å²) in [6.07, 6.45) is 0. The van der Waals surface area contributed by atoms with Crippen LogP contribution in [0.5, 0.6) is 0 Å². The molecule has 1 aliphatic heterocycles. The van der Waals surface area contributed by atoms with Crippen LogP contribution in [0.15, 0.2) is 0 Å². The van der Waals surface area contributed by atoms with Crippen molar-refractivity contribution in [1.82, 2.24) is 4.90 Å². The lowest BCUT2D eigenvalue weighted by atomic mass is 9.85. The molecule has 0 spiro atoms. The Bertz CT molecular complexity index is 208. The molecule has 0 radical (unpaired) electrons. The van der Waals surface area contributed by atoms with Crippen LogP contribution < -0.4 is 5.73 Å². The van der Waals surface area contributed by atoms with Gasteiger partial charge in [-0.15, -0.1) is 0 Å². The van der Waals surface area contributed by atoms with Crippen LogP contribution in [0.3, 0.4) is 0 Å². The van der Waals surface area contributed by atoms with Crippen molar-refractivity contribution < 1.29 is 0 Å². The molecule has 1 rings (SSSR count). The number of thioether (sulfide) groups is 1. The minimum absolute atomic E-state index is 0.161.